The smallest absolute Gasteiger partial charge is 0.360 e. The van der Waals surface area contributed by atoms with Crippen molar-refractivity contribution >= 4 is 5.97 Å². The van der Waals surface area contributed by atoms with E-state index in [0.29, 0.717) is 17.9 Å². The van der Waals surface area contributed by atoms with Crippen LogP contribution < -0.4 is 4.74 Å². The number of halogens is 1. The van der Waals surface area contributed by atoms with Crippen LogP contribution in [0.5, 0.6) is 5.75 Å². The maximum Gasteiger partial charge on any atom is 0.360 e. The molecule has 0 fully saturated rings. The first-order chi connectivity index (χ1) is 11.0. The molecule has 0 aliphatic carbocycles. The Labute approximate surface area is 134 Å². The second-order valence-corrected chi connectivity index (χ2v) is 5.43. The number of methoxy groups -OCH3 is 1. The van der Waals surface area contributed by atoms with Gasteiger partial charge in [0, 0.05) is 6.07 Å². The maximum atomic E-state index is 14.2. The van der Waals surface area contributed by atoms with Gasteiger partial charge in [0.25, 0.3) is 0 Å². The van der Waals surface area contributed by atoms with Crippen LogP contribution in [0, 0.1) is 11.7 Å². The van der Waals surface area contributed by atoms with Gasteiger partial charge in [-0.15, -0.1) is 5.10 Å². The Morgan fingerprint density at radius 3 is 2.74 bits per heavy atom. The van der Waals surface area contributed by atoms with Crippen LogP contribution in [0.3, 0.4) is 0 Å². The van der Waals surface area contributed by atoms with Gasteiger partial charge in [-0.25, -0.2) is 13.9 Å². The summed E-state index contributed by atoms with van der Waals surface area (Å²) in [7, 11) is 1.50. The molecule has 0 spiro atoms. The molecule has 23 heavy (non-hydrogen) atoms. The van der Waals surface area contributed by atoms with Crippen LogP contribution in [0.4, 0.5) is 4.39 Å². The van der Waals surface area contributed by atoms with E-state index in [4.69, 9.17) is 9.47 Å². The fourth-order valence-corrected chi connectivity index (χ4v) is 2.20. The Balaban J connectivity index is 2.56. The fraction of sp³-hybridized carbons (Fsp3) is 0.438. The number of carbonyl (C=O) groups is 1. The number of aromatic nitrogens is 3. The summed E-state index contributed by atoms with van der Waals surface area (Å²) in [5.74, 6) is -0.312. The highest BCUT2D eigenvalue weighted by molar-refractivity contribution is 5.88. The molecule has 0 saturated heterocycles. The monoisotopic (exact) mass is 321 g/mol. The van der Waals surface area contributed by atoms with Gasteiger partial charge in [0.1, 0.15) is 17.3 Å². The summed E-state index contributed by atoms with van der Waals surface area (Å²) in [5.41, 5.74) is 0.816. The number of benzene rings is 1. The van der Waals surface area contributed by atoms with Gasteiger partial charge in [0.15, 0.2) is 5.69 Å². The first kappa shape index (κ1) is 16.9. The second-order valence-electron chi connectivity index (χ2n) is 5.43. The van der Waals surface area contributed by atoms with Crippen molar-refractivity contribution in [2.45, 2.75) is 27.2 Å². The van der Waals surface area contributed by atoms with Crippen LogP contribution >= 0.6 is 0 Å². The standard InChI is InChI=1S/C16H20FN3O3/c1-5-23-16(21)15-14(8-10(2)3)20(19-18-15)13-9-11(22-4)6-7-12(13)17/h6-7,9-10H,5,8H2,1-4H3. The zero-order valence-corrected chi connectivity index (χ0v) is 13.7. The van der Waals surface area contributed by atoms with Gasteiger partial charge in [0.05, 0.1) is 19.4 Å². The molecule has 0 unspecified atom stereocenters. The summed E-state index contributed by atoms with van der Waals surface area (Å²) in [6, 6.07) is 4.33. The van der Waals surface area contributed by atoms with Crippen molar-refractivity contribution in [3.63, 3.8) is 0 Å². The molecular weight excluding hydrogens is 301 g/mol. The van der Waals surface area contributed by atoms with E-state index in [2.05, 4.69) is 10.3 Å². The Morgan fingerprint density at radius 2 is 2.13 bits per heavy atom. The number of ether oxygens (including phenoxy) is 2. The van der Waals surface area contributed by atoms with Crippen LogP contribution in [-0.2, 0) is 11.2 Å². The maximum absolute atomic E-state index is 14.2. The lowest BCUT2D eigenvalue weighted by molar-refractivity contribution is 0.0518. The van der Waals surface area contributed by atoms with Crippen molar-refractivity contribution < 1.29 is 18.7 Å². The molecule has 0 bridgehead atoms. The summed E-state index contributed by atoms with van der Waals surface area (Å²) in [4.78, 5) is 12.0. The Kier molecular flexibility index (Phi) is 5.31. The van der Waals surface area contributed by atoms with Crippen LogP contribution in [0.15, 0.2) is 18.2 Å². The summed E-state index contributed by atoms with van der Waals surface area (Å²) >= 11 is 0. The first-order valence-corrected chi connectivity index (χ1v) is 7.43. The van der Waals surface area contributed by atoms with Gasteiger partial charge in [-0.05, 0) is 31.4 Å². The minimum atomic E-state index is -0.558. The van der Waals surface area contributed by atoms with Crippen LogP contribution in [0.2, 0.25) is 0 Å². The third-order valence-electron chi connectivity index (χ3n) is 3.22. The van der Waals surface area contributed by atoms with E-state index >= 15 is 0 Å². The van der Waals surface area contributed by atoms with Gasteiger partial charge in [0.2, 0.25) is 0 Å². The minimum absolute atomic E-state index is 0.114. The van der Waals surface area contributed by atoms with Gasteiger partial charge in [-0.2, -0.15) is 0 Å². The number of hydrogen-bond acceptors (Lipinski definition) is 5. The largest absolute Gasteiger partial charge is 0.497 e. The van der Waals surface area contributed by atoms with E-state index in [0.717, 1.165) is 0 Å². The third-order valence-corrected chi connectivity index (χ3v) is 3.22. The van der Waals surface area contributed by atoms with Crippen LogP contribution in [0.25, 0.3) is 5.69 Å². The topological polar surface area (TPSA) is 66.2 Å². The molecule has 2 aromatic rings. The fourth-order valence-electron chi connectivity index (χ4n) is 2.20. The third kappa shape index (κ3) is 3.67. The molecule has 124 valence electrons. The van der Waals surface area contributed by atoms with Gasteiger partial charge >= 0.3 is 5.97 Å². The van der Waals surface area contributed by atoms with Crippen molar-refractivity contribution in [1.82, 2.24) is 15.0 Å². The molecular formula is C16H20FN3O3. The van der Waals surface area contributed by atoms with E-state index < -0.39 is 11.8 Å². The number of nitrogens with zero attached hydrogens (tertiary/aromatic N) is 3. The highest BCUT2D eigenvalue weighted by Gasteiger charge is 2.23. The lowest BCUT2D eigenvalue weighted by atomic mass is 10.1. The molecule has 0 atom stereocenters. The van der Waals surface area contributed by atoms with E-state index in [1.54, 1.807) is 6.92 Å². The zero-order chi connectivity index (χ0) is 17.0. The molecule has 0 aliphatic heterocycles. The molecule has 0 N–H and O–H groups in total. The van der Waals surface area contributed by atoms with Crippen LogP contribution in [-0.4, -0.2) is 34.7 Å². The minimum Gasteiger partial charge on any atom is -0.497 e. The molecule has 2 rings (SSSR count). The number of hydrogen-bond donors (Lipinski definition) is 0. The summed E-state index contributed by atoms with van der Waals surface area (Å²) in [6.45, 7) is 5.94. The molecule has 1 aromatic carbocycles. The van der Waals surface area contributed by atoms with Crippen molar-refractivity contribution in [2.75, 3.05) is 13.7 Å². The average Bonchev–Trinajstić information content (AvgIpc) is 2.91. The molecule has 1 heterocycles. The van der Waals surface area contributed by atoms with Crippen molar-refractivity contribution in [3.05, 3.63) is 35.4 Å². The Hall–Kier alpha value is -2.44. The van der Waals surface area contributed by atoms with E-state index in [-0.39, 0.29) is 23.9 Å². The zero-order valence-electron chi connectivity index (χ0n) is 13.7. The van der Waals surface area contributed by atoms with Gasteiger partial charge in [-0.3, -0.25) is 0 Å². The van der Waals surface area contributed by atoms with E-state index in [1.165, 1.54) is 30.0 Å². The van der Waals surface area contributed by atoms with Crippen LogP contribution in [0.1, 0.15) is 37.0 Å². The number of carbonyl (C=O) groups excluding carboxylic acids is 1. The second kappa shape index (κ2) is 7.21. The predicted molar refractivity (Wildman–Crippen MR) is 82.4 cm³/mol. The lowest BCUT2D eigenvalue weighted by Gasteiger charge is -2.11. The number of esters is 1. The molecule has 0 radical (unpaired) electrons. The number of rotatable bonds is 6. The highest BCUT2D eigenvalue weighted by Crippen LogP contribution is 2.23. The summed E-state index contributed by atoms with van der Waals surface area (Å²) in [5, 5.41) is 7.84. The first-order valence-electron chi connectivity index (χ1n) is 7.43. The molecule has 7 heteroatoms. The normalized spacial score (nSPS) is 10.9. The van der Waals surface area contributed by atoms with E-state index in [1.807, 2.05) is 13.8 Å². The lowest BCUT2D eigenvalue weighted by Crippen LogP contribution is -2.13. The molecule has 1 aromatic heterocycles. The molecule has 0 amide bonds. The van der Waals surface area contributed by atoms with E-state index in [9.17, 15) is 9.18 Å². The summed E-state index contributed by atoms with van der Waals surface area (Å²) < 4.78 is 25.7. The van der Waals surface area contributed by atoms with Crippen molar-refractivity contribution in [1.29, 1.82) is 0 Å². The Morgan fingerprint density at radius 1 is 1.39 bits per heavy atom. The molecule has 6 nitrogen and oxygen atoms in total. The summed E-state index contributed by atoms with van der Waals surface area (Å²) in [6.07, 6.45) is 0.512. The Bertz CT molecular complexity index is 698. The van der Waals surface area contributed by atoms with Gasteiger partial charge in [-0.1, -0.05) is 19.1 Å². The van der Waals surface area contributed by atoms with Crippen molar-refractivity contribution in [2.24, 2.45) is 5.92 Å². The average molecular weight is 321 g/mol. The highest BCUT2D eigenvalue weighted by atomic mass is 19.1. The molecule has 0 aliphatic rings. The predicted octanol–water partition coefficient (Wildman–Crippen LogP) is 2.79. The quantitative estimate of drug-likeness (QED) is 0.765. The molecule has 0 saturated carbocycles. The SMILES string of the molecule is CCOC(=O)c1nnn(-c2cc(OC)ccc2F)c1CC(C)C. The van der Waals surface area contributed by atoms with Gasteiger partial charge < -0.3 is 9.47 Å². The van der Waals surface area contributed by atoms with Crippen molar-refractivity contribution in [3.8, 4) is 11.4 Å².